The molecule has 1 saturated heterocycles. The quantitative estimate of drug-likeness (QED) is 0.768. The third-order valence-electron chi connectivity index (χ3n) is 4.82. The lowest BCUT2D eigenvalue weighted by Gasteiger charge is -2.15. The molecule has 0 radical (unpaired) electrons. The maximum Gasteiger partial charge on any atom is 0.253 e. The molecule has 1 amide bonds. The summed E-state index contributed by atoms with van der Waals surface area (Å²) in [6.07, 6.45) is 2.19. The molecule has 0 atom stereocenters. The normalized spacial score (nSPS) is 13.9. The molecule has 0 unspecified atom stereocenters. The summed E-state index contributed by atoms with van der Waals surface area (Å²) in [5.41, 5.74) is 9.27. The van der Waals surface area contributed by atoms with Gasteiger partial charge in [-0.05, 0) is 55.2 Å². The maximum absolute atomic E-state index is 12.5. The molecule has 6 nitrogen and oxygen atoms in total. The third kappa shape index (κ3) is 3.43. The first-order valence-electron chi connectivity index (χ1n) is 9.25. The van der Waals surface area contributed by atoms with E-state index in [-0.39, 0.29) is 11.9 Å². The van der Waals surface area contributed by atoms with Gasteiger partial charge in [0.2, 0.25) is 11.8 Å². The zero-order valence-electron chi connectivity index (χ0n) is 15.3. The van der Waals surface area contributed by atoms with E-state index in [2.05, 4.69) is 9.97 Å². The van der Waals surface area contributed by atoms with Crippen molar-refractivity contribution in [3.63, 3.8) is 0 Å². The van der Waals surface area contributed by atoms with Crippen LogP contribution in [0.4, 0.5) is 5.95 Å². The van der Waals surface area contributed by atoms with Crippen molar-refractivity contribution in [2.75, 3.05) is 25.4 Å². The Hall–Kier alpha value is -3.15. The number of fused-ring (bicyclic) bond motifs is 1. The van der Waals surface area contributed by atoms with Crippen LogP contribution in [0.1, 0.15) is 30.1 Å². The van der Waals surface area contributed by atoms with E-state index in [9.17, 15) is 4.79 Å². The standard InChI is InChI=1S/C21H22N4O2/c1-2-27-19-17-13-16(9-10-18(17)23-21(22)24-19)14-5-7-15(8-6-14)20(26)25-11-3-4-12-25/h5-10,13H,2-4,11-12H2,1H3,(H2,22,23,24). The van der Waals surface area contributed by atoms with Crippen molar-refractivity contribution in [1.29, 1.82) is 0 Å². The summed E-state index contributed by atoms with van der Waals surface area (Å²) in [5, 5.41) is 0.820. The highest BCUT2D eigenvalue weighted by atomic mass is 16.5. The summed E-state index contributed by atoms with van der Waals surface area (Å²) in [5.74, 6) is 0.797. The van der Waals surface area contributed by atoms with Crippen LogP contribution < -0.4 is 10.5 Å². The average Bonchev–Trinajstić information content (AvgIpc) is 3.22. The van der Waals surface area contributed by atoms with E-state index in [1.165, 1.54) is 0 Å². The summed E-state index contributed by atoms with van der Waals surface area (Å²) in [4.78, 5) is 22.9. The summed E-state index contributed by atoms with van der Waals surface area (Å²) in [6.45, 7) is 4.12. The number of nitrogens with zero attached hydrogens (tertiary/aromatic N) is 3. The fraction of sp³-hybridized carbons (Fsp3) is 0.286. The molecule has 2 aromatic carbocycles. The van der Waals surface area contributed by atoms with Gasteiger partial charge in [-0.3, -0.25) is 4.79 Å². The second-order valence-electron chi connectivity index (χ2n) is 6.63. The molecule has 1 aliphatic heterocycles. The number of carbonyl (C=O) groups excluding carboxylic acids is 1. The van der Waals surface area contributed by atoms with Gasteiger partial charge >= 0.3 is 0 Å². The lowest BCUT2D eigenvalue weighted by atomic mass is 10.0. The molecule has 3 aromatic rings. The van der Waals surface area contributed by atoms with E-state index in [0.717, 1.165) is 53.5 Å². The number of nitrogen functional groups attached to an aromatic ring is 1. The van der Waals surface area contributed by atoms with Crippen molar-refractivity contribution in [3.05, 3.63) is 48.0 Å². The Kier molecular flexibility index (Phi) is 4.62. The van der Waals surface area contributed by atoms with Crippen LogP contribution in [0.2, 0.25) is 0 Å². The van der Waals surface area contributed by atoms with Crippen molar-refractivity contribution in [1.82, 2.24) is 14.9 Å². The number of nitrogens with two attached hydrogens (primary N) is 1. The molecular weight excluding hydrogens is 340 g/mol. The number of hydrogen-bond donors (Lipinski definition) is 1. The number of amides is 1. The third-order valence-corrected chi connectivity index (χ3v) is 4.82. The van der Waals surface area contributed by atoms with Gasteiger partial charge in [0.15, 0.2) is 0 Å². The molecule has 2 heterocycles. The maximum atomic E-state index is 12.5. The highest BCUT2D eigenvalue weighted by molar-refractivity contribution is 5.95. The minimum atomic E-state index is 0.111. The molecule has 0 bridgehead atoms. The average molecular weight is 362 g/mol. The summed E-state index contributed by atoms with van der Waals surface area (Å²) >= 11 is 0. The molecule has 138 valence electrons. The predicted octanol–water partition coefficient (Wildman–Crippen LogP) is 3.51. The van der Waals surface area contributed by atoms with Crippen LogP contribution in [-0.2, 0) is 0 Å². The van der Waals surface area contributed by atoms with Crippen LogP contribution in [0, 0.1) is 0 Å². The Bertz CT molecular complexity index is 979. The number of ether oxygens (including phenoxy) is 1. The second kappa shape index (κ2) is 7.23. The topological polar surface area (TPSA) is 81.3 Å². The molecule has 0 spiro atoms. The van der Waals surface area contributed by atoms with Gasteiger partial charge in [0.25, 0.3) is 5.91 Å². The minimum absolute atomic E-state index is 0.111. The van der Waals surface area contributed by atoms with Crippen LogP contribution in [0.25, 0.3) is 22.0 Å². The van der Waals surface area contributed by atoms with E-state index in [1.807, 2.05) is 54.3 Å². The number of aromatic nitrogens is 2. The largest absolute Gasteiger partial charge is 0.477 e. The van der Waals surface area contributed by atoms with Gasteiger partial charge < -0.3 is 15.4 Å². The van der Waals surface area contributed by atoms with Crippen LogP contribution in [0.5, 0.6) is 5.88 Å². The number of carbonyl (C=O) groups is 1. The SMILES string of the molecule is CCOc1nc(N)nc2ccc(-c3ccc(C(=O)N4CCCC4)cc3)cc12. The number of anilines is 1. The summed E-state index contributed by atoms with van der Waals surface area (Å²) < 4.78 is 5.62. The highest BCUT2D eigenvalue weighted by Crippen LogP contribution is 2.29. The summed E-state index contributed by atoms with van der Waals surface area (Å²) in [7, 11) is 0. The van der Waals surface area contributed by atoms with Crippen molar-refractivity contribution in [3.8, 4) is 17.0 Å². The monoisotopic (exact) mass is 362 g/mol. The van der Waals surface area contributed by atoms with E-state index in [0.29, 0.717) is 12.5 Å². The predicted molar refractivity (Wildman–Crippen MR) is 106 cm³/mol. The molecule has 1 fully saturated rings. The first kappa shape index (κ1) is 17.3. The number of likely N-dealkylation sites (tertiary alicyclic amines) is 1. The van der Waals surface area contributed by atoms with E-state index >= 15 is 0 Å². The first-order valence-corrected chi connectivity index (χ1v) is 9.25. The number of benzene rings is 2. The van der Waals surface area contributed by atoms with Crippen molar-refractivity contribution < 1.29 is 9.53 Å². The molecule has 2 N–H and O–H groups in total. The molecule has 6 heteroatoms. The second-order valence-corrected chi connectivity index (χ2v) is 6.63. The van der Waals surface area contributed by atoms with Gasteiger partial charge in [0, 0.05) is 18.7 Å². The molecule has 4 rings (SSSR count). The van der Waals surface area contributed by atoms with E-state index < -0.39 is 0 Å². The van der Waals surface area contributed by atoms with Gasteiger partial charge in [-0.15, -0.1) is 0 Å². The molecule has 27 heavy (non-hydrogen) atoms. The first-order chi connectivity index (χ1) is 13.2. The Labute approximate surface area is 158 Å². The molecule has 0 aliphatic carbocycles. The zero-order chi connectivity index (χ0) is 18.8. The smallest absolute Gasteiger partial charge is 0.253 e. The van der Waals surface area contributed by atoms with Crippen molar-refractivity contribution in [2.24, 2.45) is 0 Å². The van der Waals surface area contributed by atoms with Gasteiger partial charge in [-0.25, -0.2) is 4.98 Å². The molecule has 0 saturated carbocycles. The number of rotatable bonds is 4. The zero-order valence-corrected chi connectivity index (χ0v) is 15.3. The Morgan fingerprint density at radius 2 is 1.78 bits per heavy atom. The van der Waals surface area contributed by atoms with Crippen molar-refractivity contribution >= 4 is 22.8 Å². The lowest BCUT2D eigenvalue weighted by Crippen LogP contribution is -2.27. The van der Waals surface area contributed by atoms with Gasteiger partial charge in [0.1, 0.15) is 0 Å². The van der Waals surface area contributed by atoms with Crippen LogP contribution >= 0.6 is 0 Å². The van der Waals surface area contributed by atoms with E-state index in [1.54, 1.807) is 0 Å². The van der Waals surface area contributed by atoms with Gasteiger partial charge in [-0.1, -0.05) is 18.2 Å². The fourth-order valence-corrected chi connectivity index (χ4v) is 3.45. The lowest BCUT2D eigenvalue weighted by molar-refractivity contribution is 0.0793. The summed E-state index contributed by atoms with van der Waals surface area (Å²) in [6, 6.07) is 13.6. The fourth-order valence-electron chi connectivity index (χ4n) is 3.45. The minimum Gasteiger partial charge on any atom is -0.477 e. The van der Waals surface area contributed by atoms with Crippen LogP contribution in [-0.4, -0.2) is 40.5 Å². The van der Waals surface area contributed by atoms with Crippen molar-refractivity contribution in [2.45, 2.75) is 19.8 Å². The Morgan fingerprint density at radius 1 is 1.07 bits per heavy atom. The molecule has 1 aromatic heterocycles. The van der Waals surface area contributed by atoms with E-state index in [4.69, 9.17) is 10.5 Å². The molecular formula is C21H22N4O2. The van der Waals surface area contributed by atoms with Crippen LogP contribution in [0.3, 0.4) is 0 Å². The number of hydrogen-bond acceptors (Lipinski definition) is 5. The molecule has 1 aliphatic rings. The van der Waals surface area contributed by atoms with Crippen LogP contribution in [0.15, 0.2) is 42.5 Å². The Morgan fingerprint density at radius 3 is 2.48 bits per heavy atom. The Balaban J connectivity index is 1.66. The van der Waals surface area contributed by atoms with Gasteiger partial charge in [0.05, 0.1) is 17.5 Å². The van der Waals surface area contributed by atoms with Gasteiger partial charge in [-0.2, -0.15) is 4.98 Å². The highest BCUT2D eigenvalue weighted by Gasteiger charge is 2.19.